The Kier molecular flexibility index (Phi) is 5.42. The Morgan fingerprint density at radius 2 is 1.75 bits per heavy atom. The summed E-state index contributed by atoms with van der Waals surface area (Å²) in [4.78, 5) is 10.8. The van der Waals surface area contributed by atoms with Crippen molar-refractivity contribution in [3.05, 3.63) is 71.4 Å². The lowest BCUT2D eigenvalue weighted by atomic mass is 9.90. The third-order valence-electron chi connectivity index (χ3n) is 5.87. The van der Waals surface area contributed by atoms with Crippen LogP contribution < -0.4 is 10.5 Å². The number of hydrogen-bond donors (Lipinski definition) is 1. The van der Waals surface area contributed by atoms with Gasteiger partial charge in [-0.25, -0.2) is 9.97 Å². The van der Waals surface area contributed by atoms with Crippen molar-refractivity contribution in [2.75, 3.05) is 12.8 Å². The molecule has 1 aliphatic rings. The van der Waals surface area contributed by atoms with Crippen molar-refractivity contribution in [3.8, 4) is 22.9 Å². The van der Waals surface area contributed by atoms with E-state index in [2.05, 4.69) is 6.07 Å². The van der Waals surface area contributed by atoms with Crippen LogP contribution in [0.1, 0.15) is 29.7 Å². The first kappa shape index (κ1) is 20.3. The molecule has 0 radical (unpaired) electrons. The van der Waals surface area contributed by atoms with Gasteiger partial charge in [-0.15, -0.1) is 0 Å². The van der Waals surface area contributed by atoms with E-state index in [9.17, 15) is 5.26 Å². The van der Waals surface area contributed by atoms with Gasteiger partial charge in [0.1, 0.15) is 16.8 Å². The molecule has 0 spiro atoms. The van der Waals surface area contributed by atoms with E-state index in [1.165, 1.54) is 11.8 Å². The van der Waals surface area contributed by atoms with E-state index in [0.717, 1.165) is 64.1 Å². The number of aromatic nitrogens is 2. The average molecular weight is 439 g/mol. The summed E-state index contributed by atoms with van der Waals surface area (Å²) in [5, 5.41) is 11.6. The lowest BCUT2D eigenvalue weighted by molar-refractivity contribution is 0.414. The number of hydrogen-bond acceptors (Lipinski definition) is 6. The quantitative estimate of drug-likeness (QED) is 0.434. The van der Waals surface area contributed by atoms with Gasteiger partial charge >= 0.3 is 0 Å². The first-order valence-electron chi connectivity index (χ1n) is 10.6. The molecule has 5 nitrogen and oxygen atoms in total. The number of nitrogens with two attached hydrogens (primary N) is 1. The largest absolute Gasteiger partial charge is 0.497 e. The molecule has 0 saturated heterocycles. The van der Waals surface area contributed by atoms with Crippen LogP contribution in [0.2, 0.25) is 0 Å². The second kappa shape index (κ2) is 8.52. The molecule has 0 amide bonds. The lowest BCUT2D eigenvalue weighted by Gasteiger charge is -2.21. The zero-order valence-corrected chi connectivity index (χ0v) is 18.6. The van der Waals surface area contributed by atoms with E-state index in [-0.39, 0.29) is 0 Å². The van der Waals surface area contributed by atoms with Crippen LogP contribution in [0.5, 0.6) is 5.75 Å². The van der Waals surface area contributed by atoms with Gasteiger partial charge in [0.25, 0.3) is 0 Å². The summed E-state index contributed by atoms with van der Waals surface area (Å²) in [6.45, 7) is 0. The van der Waals surface area contributed by atoms with Crippen molar-refractivity contribution >= 4 is 28.5 Å². The van der Waals surface area contributed by atoms with Gasteiger partial charge in [-0.3, -0.25) is 0 Å². The Morgan fingerprint density at radius 3 is 2.47 bits per heavy atom. The normalized spacial score (nSPS) is 12.9. The summed E-state index contributed by atoms with van der Waals surface area (Å²) in [6, 6.07) is 20.1. The Bertz CT molecular complexity index is 1350. The zero-order chi connectivity index (χ0) is 22.1. The highest BCUT2D eigenvalue weighted by atomic mass is 32.2. The summed E-state index contributed by atoms with van der Waals surface area (Å²) < 4.78 is 5.26. The van der Waals surface area contributed by atoms with Gasteiger partial charge in [0.2, 0.25) is 0 Å². The molecule has 0 unspecified atom stereocenters. The summed E-state index contributed by atoms with van der Waals surface area (Å²) in [5.41, 5.74) is 12.5. The first-order chi connectivity index (χ1) is 15.7. The van der Waals surface area contributed by atoms with Crippen molar-refractivity contribution in [1.29, 1.82) is 5.26 Å². The van der Waals surface area contributed by atoms with Gasteiger partial charge in [-0.1, -0.05) is 42.1 Å². The minimum Gasteiger partial charge on any atom is -0.497 e. The fourth-order valence-electron chi connectivity index (χ4n) is 4.30. The molecule has 4 aromatic rings. The molecule has 2 aromatic carbocycles. The predicted molar refractivity (Wildman–Crippen MR) is 128 cm³/mol. The summed E-state index contributed by atoms with van der Waals surface area (Å²) in [6.07, 6.45) is 4.05. The highest BCUT2D eigenvalue weighted by Gasteiger charge is 2.24. The number of nitrogen functional groups attached to an aromatic ring is 1. The van der Waals surface area contributed by atoms with Crippen LogP contribution in [0.4, 0.5) is 5.69 Å². The number of ether oxygens (including phenoxy) is 1. The number of nitriles is 1. The number of rotatable bonds is 4. The minimum atomic E-state index is 0.522. The SMILES string of the molecule is COc1ccc(Sc2nc3nc4c(c(N)c3c(-c3ccccc3)c2C#N)CCCC4)cc1. The molecule has 1 aliphatic carbocycles. The fourth-order valence-corrected chi connectivity index (χ4v) is 5.17. The Hall–Kier alpha value is -3.56. The van der Waals surface area contributed by atoms with Gasteiger partial charge in [0, 0.05) is 21.8 Å². The molecule has 5 rings (SSSR count). The molecule has 0 saturated carbocycles. The molecule has 0 aliphatic heterocycles. The van der Waals surface area contributed by atoms with Gasteiger partial charge in [-0.05, 0) is 61.1 Å². The predicted octanol–water partition coefficient (Wildman–Crippen LogP) is 5.79. The molecule has 32 heavy (non-hydrogen) atoms. The van der Waals surface area contributed by atoms with Crippen LogP contribution >= 0.6 is 11.8 Å². The van der Waals surface area contributed by atoms with E-state index >= 15 is 0 Å². The van der Waals surface area contributed by atoms with Crippen LogP contribution in [-0.2, 0) is 12.8 Å². The fraction of sp³-hybridized carbons (Fsp3) is 0.192. The summed E-state index contributed by atoms with van der Waals surface area (Å²) in [5.74, 6) is 0.785. The molecular formula is C26H22N4OS. The molecule has 6 heteroatoms. The molecule has 0 bridgehead atoms. The van der Waals surface area contributed by atoms with Crippen LogP contribution in [0.25, 0.3) is 22.2 Å². The number of aryl methyl sites for hydroxylation is 1. The molecular weight excluding hydrogens is 416 g/mol. The van der Waals surface area contributed by atoms with E-state index < -0.39 is 0 Å². The van der Waals surface area contributed by atoms with Crippen LogP contribution in [0.3, 0.4) is 0 Å². The standard InChI is InChI=1S/C26H22N4OS/c1-31-17-11-13-18(14-12-17)32-26-20(15-27)22(16-7-3-2-4-8-16)23-24(28)19-9-5-6-10-21(19)29-25(23)30-26/h2-4,7-8,11-14H,5-6,9-10H2,1H3,(H2,28,29,30). The minimum absolute atomic E-state index is 0.522. The topological polar surface area (TPSA) is 84.8 Å². The van der Waals surface area contributed by atoms with Crippen molar-refractivity contribution in [2.45, 2.75) is 35.6 Å². The van der Waals surface area contributed by atoms with Gasteiger partial charge in [0.15, 0.2) is 5.65 Å². The zero-order valence-electron chi connectivity index (χ0n) is 17.8. The maximum atomic E-state index is 10.2. The van der Waals surface area contributed by atoms with Crippen molar-refractivity contribution in [1.82, 2.24) is 9.97 Å². The number of nitrogens with zero attached hydrogens (tertiary/aromatic N) is 3. The third-order valence-corrected chi connectivity index (χ3v) is 6.86. The third kappa shape index (κ3) is 3.55. The Labute approximate surface area is 191 Å². The van der Waals surface area contributed by atoms with E-state index in [1.807, 2.05) is 54.6 Å². The number of pyridine rings is 2. The van der Waals surface area contributed by atoms with E-state index in [0.29, 0.717) is 21.9 Å². The second-order valence-corrected chi connectivity index (χ2v) is 8.84. The Balaban J connectivity index is 1.78. The molecule has 2 heterocycles. The van der Waals surface area contributed by atoms with Crippen LogP contribution in [0.15, 0.2) is 64.5 Å². The number of anilines is 1. The first-order valence-corrected chi connectivity index (χ1v) is 11.4. The second-order valence-electron chi connectivity index (χ2n) is 7.78. The molecule has 0 atom stereocenters. The molecule has 0 fully saturated rings. The summed E-state index contributed by atoms with van der Waals surface area (Å²) in [7, 11) is 1.64. The summed E-state index contributed by atoms with van der Waals surface area (Å²) >= 11 is 1.45. The van der Waals surface area contributed by atoms with Gasteiger partial charge in [0.05, 0.1) is 18.1 Å². The number of methoxy groups -OCH3 is 1. The van der Waals surface area contributed by atoms with E-state index in [1.54, 1.807) is 7.11 Å². The van der Waals surface area contributed by atoms with Gasteiger partial charge < -0.3 is 10.5 Å². The number of benzene rings is 2. The van der Waals surface area contributed by atoms with Crippen molar-refractivity contribution in [3.63, 3.8) is 0 Å². The molecule has 158 valence electrons. The number of fused-ring (bicyclic) bond motifs is 2. The monoisotopic (exact) mass is 438 g/mol. The molecule has 2 aromatic heterocycles. The maximum Gasteiger partial charge on any atom is 0.163 e. The van der Waals surface area contributed by atoms with Crippen molar-refractivity contribution in [2.24, 2.45) is 0 Å². The van der Waals surface area contributed by atoms with Crippen LogP contribution in [-0.4, -0.2) is 17.1 Å². The van der Waals surface area contributed by atoms with Crippen LogP contribution in [0, 0.1) is 11.3 Å². The van der Waals surface area contributed by atoms with Crippen molar-refractivity contribution < 1.29 is 4.74 Å². The molecule has 2 N–H and O–H groups in total. The lowest BCUT2D eigenvalue weighted by Crippen LogP contribution is -2.11. The highest BCUT2D eigenvalue weighted by molar-refractivity contribution is 7.99. The van der Waals surface area contributed by atoms with E-state index in [4.69, 9.17) is 20.4 Å². The highest BCUT2D eigenvalue weighted by Crippen LogP contribution is 2.42. The average Bonchev–Trinajstić information content (AvgIpc) is 2.84. The Morgan fingerprint density at radius 1 is 1.00 bits per heavy atom. The maximum absolute atomic E-state index is 10.2. The smallest absolute Gasteiger partial charge is 0.163 e. The van der Waals surface area contributed by atoms with Gasteiger partial charge in [-0.2, -0.15) is 5.26 Å².